The van der Waals surface area contributed by atoms with Gasteiger partial charge in [0.05, 0.1) is 0 Å². The number of carbonyl (C=O) groups is 2. The van der Waals surface area contributed by atoms with Crippen molar-refractivity contribution in [2.45, 2.75) is 102 Å². The first-order valence-corrected chi connectivity index (χ1v) is 14.1. The Hall–Kier alpha value is -2.27. The van der Waals surface area contributed by atoms with E-state index < -0.39 is 0 Å². The summed E-state index contributed by atoms with van der Waals surface area (Å²) in [7, 11) is 0. The van der Waals surface area contributed by atoms with Gasteiger partial charge in [-0.1, -0.05) is 102 Å². The van der Waals surface area contributed by atoms with E-state index in [2.05, 4.69) is 26.0 Å². The van der Waals surface area contributed by atoms with Crippen LogP contribution in [-0.2, 0) is 9.59 Å². The molecule has 0 aliphatic carbocycles. The number of hydrogen-bond donors (Lipinski definition) is 0. The molecule has 0 saturated carbocycles. The first-order chi connectivity index (χ1) is 17.0. The Morgan fingerprint density at radius 1 is 0.657 bits per heavy atom. The minimum atomic E-state index is -0.302. The van der Waals surface area contributed by atoms with Crippen molar-refractivity contribution in [2.75, 3.05) is 0 Å². The lowest BCUT2D eigenvalue weighted by Crippen LogP contribution is -2.09. The average Bonchev–Trinajstić information content (AvgIpc) is 2.83. The van der Waals surface area contributed by atoms with Gasteiger partial charge in [-0.05, 0) is 25.0 Å². The number of thioether (sulfide) groups is 1. The summed E-state index contributed by atoms with van der Waals surface area (Å²) in [6, 6.07) is 15.8. The maximum absolute atomic E-state index is 11.8. The van der Waals surface area contributed by atoms with Gasteiger partial charge in [-0.2, -0.15) is 0 Å². The summed E-state index contributed by atoms with van der Waals surface area (Å²) in [5.41, 5.74) is 2.13. The minimum Gasteiger partial charge on any atom is -0.426 e. The summed E-state index contributed by atoms with van der Waals surface area (Å²) < 4.78 is 11.2. The summed E-state index contributed by atoms with van der Waals surface area (Å²) >= 11 is 1.91. The van der Waals surface area contributed by atoms with Crippen LogP contribution in [0.25, 0.3) is 0 Å². The highest BCUT2D eigenvalue weighted by molar-refractivity contribution is 7.99. The summed E-state index contributed by atoms with van der Waals surface area (Å²) in [4.78, 5) is 23.6. The molecule has 2 unspecified atom stereocenters. The highest BCUT2D eigenvalue weighted by Gasteiger charge is 2.25. The van der Waals surface area contributed by atoms with Crippen LogP contribution in [0, 0.1) is 0 Å². The van der Waals surface area contributed by atoms with Crippen molar-refractivity contribution in [2.24, 2.45) is 0 Å². The Bertz CT molecular complexity index is 837. The van der Waals surface area contributed by atoms with Gasteiger partial charge in [0.15, 0.2) is 0 Å². The molecule has 35 heavy (non-hydrogen) atoms. The van der Waals surface area contributed by atoms with Crippen molar-refractivity contribution in [3.63, 3.8) is 0 Å². The molecule has 192 valence electrons. The van der Waals surface area contributed by atoms with Gasteiger partial charge in [-0.15, -0.1) is 11.8 Å². The third-order valence-corrected chi connectivity index (χ3v) is 7.64. The molecule has 0 aromatic heterocycles. The average molecular weight is 499 g/mol. The van der Waals surface area contributed by atoms with Gasteiger partial charge < -0.3 is 9.47 Å². The first kappa shape index (κ1) is 29.0. The lowest BCUT2D eigenvalue weighted by atomic mass is 10.0. The predicted molar refractivity (Wildman–Crippen MR) is 146 cm³/mol. The smallest absolute Gasteiger partial charge is 0.308 e. The van der Waals surface area contributed by atoms with E-state index in [0.29, 0.717) is 11.5 Å². The van der Waals surface area contributed by atoms with Gasteiger partial charge in [0.25, 0.3) is 0 Å². The first-order valence-electron chi connectivity index (χ1n) is 13.2. The van der Waals surface area contributed by atoms with Crippen LogP contribution in [0.4, 0.5) is 0 Å². The van der Waals surface area contributed by atoms with Gasteiger partial charge in [-0.3, -0.25) is 9.59 Å². The maximum Gasteiger partial charge on any atom is 0.308 e. The second-order valence-corrected chi connectivity index (χ2v) is 10.5. The molecule has 0 aliphatic rings. The van der Waals surface area contributed by atoms with Gasteiger partial charge in [-0.25, -0.2) is 0 Å². The van der Waals surface area contributed by atoms with E-state index in [0.717, 1.165) is 36.8 Å². The fraction of sp³-hybridized carbons (Fsp3) is 0.533. The Balaban J connectivity index is 2.39. The molecule has 0 N–H and O–H groups in total. The second-order valence-electron chi connectivity index (χ2n) is 9.07. The number of unbranched alkanes of at least 4 members (excludes halogenated alkanes) is 6. The van der Waals surface area contributed by atoms with Crippen LogP contribution in [0.5, 0.6) is 11.5 Å². The molecular weight excluding hydrogens is 456 g/mol. The number of benzene rings is 2. The van der Waals surface area contributed by atoms with E-state index in [1.807, 2.05) is 48.2 Å². The van der Waals surface area contributed by atoms with Gasteiger partial charge in [0, 0.05) is 35.5 Å². The summed E-state index contributed by atoms with van der Waals surface area (Å²) in [6.45, 7) is 7.35. The molecule has 5 heteroatoms. The molecule has 0 saturated heterocycles. The minimum absolute atomic E-state index is 0.170. The van der Waals surface area contributed by atoms with Gasteiger partial charge in [0.2, 0.25) is 0 Å². The van der Waals surface area contributed by atoms with Crippen molar-refractivity contribution < 1.29 is 19.1 Å². The molecule has 0 aliphatic heterocycles. The van der Waals surface area contributed by atoms with Crippen LogP contribution in [0.1, 0.15) is 114 Å². The number of ether oxygens (including phenoxy) is 2. The lowest BCUT2D eigenvalue weighted by molar-refractivity contribution is -0.132. The predicted octanol–water partition coefficient (Wildman–Crippen LogP) is 8.99. The van der Waals surface area contributed by atoms with E-state index in [1.54, 1.807) is 0 Å². The topological polar surface area (TPSA) is 52.6 Å². The molecule has 0 fully saturated rings. The largest absolute Gasteiger partial charge is 0.426 e. The molecule has 0 bridgehead atoms. The van der Waals surface area contributed by atoms with Crippen molar-refractivity contribution >= 4 is 23.7 Å². The lowest BCUT2D eigenvalue weighted by Gasteiger charge is -2.27. The number of esters is 2. The van der Waals surface area contributed by atoms with Crippen LogP contribution in [-0.4, -0.2) is 11.9 Å². The Kier molecular flexibility index (Phi) is 13.6. The third kappa shape index (κ3) is 10.5. The Labute approximate surface area is 216 Å². The van der Waals surface area contributed by atoms with Gasteiger partial charge in [0.1, 0.15) is 11.5 Å². The van der Waals surface area contributed by atoms with Crippen molar-refractivity contribution in [3.05, 3.63) is 59.7 Å². The molecule has 2 aromatic rings. The summed E-state index contributed by atoms with van der Waals surface area (Å²) in [6.07, 6.45) is 11.5. The van der Waals surface area contributed by atoms with Crippen LogP contribution in [0.2, 0.25) is 0 Å². The standard InChI is InChI=1S/C30H42O4S/c1-5-7-9-11-21-29(25-17-13-15-19-27(25)33-23(3)31)35-30(22-12-10-8-6-2)26-18-14-16-20-28(26)34-24(4)32/h13-20,29-30H,5-12,21-22H2,1-4H3. The SMILES string of the molecule is CCCCCCC(SC(CCCCCC)c1ccccc1OC(C)=O)c1ccccc1OC(C)=O. The molecule has 0 radical (unpaired) electrons. The highest BCUT2D eigenvalue weighted by Crippen LogP contribution is 2.49. The van der Waals surface area contributed by atoms with Crippen molar-refractivity contribution in [1.29, 1.82) is 0 Å². The Morgan fingerprint density at radius 2 is 1.06 bits per heavy atom. The highest BCUT2D eigenvalue weighted by atomic mass is 32.2. The number of rotatable bonds is 16. The fourth-order valence-electron chi connectivity index (χ4n) is 4.29. The number of hydrogen-bond acceptors (Lipinski definition) is 5. The zero-order valence-corrected chi connectivity index (χ0v) is 22.7. The zero-order chi connectivity index (χ0) is 25.5. The molecular formula is C30H42O4S. The fourth-order valence-corrected chi connectivity index (χ4v) is 5.98. The normalized spacial score (nSPS) is 12.7. The summed E-state index contributed by atoms with van der Waals surface area (Å²) in [5.74, 6) is 0.684. The van der Waals surface area contributed by atoms with E-state index in [4.69, 9.17) is 9.47 Å². The molecule has 2 aromatic carbocycles. The van der Waals surface area contributed by atoms with Crippen LogP contribution >= 0.6 is 11.8 Å². The number of carbonyl (C=O) groups excluding carboxylic acids is 2. The molecule has 4 nitrogen and oxygen atoms in total. The Morgan fingerprint density at radius 3 is 1.43 bits per heavy atom. The maximum atomic E-state index is 11.8. The van der Waals surface area contributed by atoms with E-state index in [1.165, 1.54) is 52.4 Å². The van der Waals surface area contributed by atoms with E-state index in [-0.39, 0.29) is 22.4 Å². The summed E-state index contributed by atoms with van der Waals surface area (Å²) in [5, 5.41) is 0.341. The van der Waals surface area contributed by atoms with Crippen molar-refractivity contribution in [1.82, 2.24) is 0 Å². The molecule has 0 spiro atoms. The number of para-hydroxylation sites is 2. The van der Waals surface area contributed by atoms with E-state index in [9.17, 15) is 9.59 Å². The molecule has 2 rings (SSSR count). The monoisotopic (exact) mass is 498 g/mol. The van der Waals surface area contributed by atoms with Crippen molar-refractivity contribution in [3.8, 4) is 11.5 Å². The van der Waals surface area contributed by atoms with Crippen LogP contribution in [0.15, 0.2) is 48.5 Å². The zero-order valence-electron chi connectivity index (χ0n) is 21.9. The van der Waals surface area contributed by atoms with Crippen LogP contribution < -0.4 is 9.47 Å². The van der Waals surface area contributed by atoms with Crippen LogP contribution in [0.3, 0.4) is 0 Å². The molecule has 0 heterocycles. The second kappa shape index (κ2) is 16.4. The molecule has 2 atom stereocenters. The quantitative estimate of drug-likeness (QED) is 0.131. The molecule has 0 amide bonds. The van der Waals surface area contributed by atoms with Gasteiger partial charge >= 0.3 is 11.9 Å². The van der Waals surface area contributed by atoms with E-state index >= 15 is 0 Å². The third-order valence-electron chi connectivity index (χ3n) is 6.01.